The van der Waals surface area contributed by atoms with Crippen molar-refractivity contribution in [3.63, 3.8) is 0 Å². The SMILES string of the molecule is Cc1ccccc1-c1nc(C(F)(F)F)cn1C(C)C. The van der Waals surface area contributed by atoms with E-state index in [2.05, 4.69) is 4.98 Å². The van der Waals surface area contributed by atoms with Crippen LogP contribution in [0, 0.1) is 6.92 Å². The first-order valence-corrected chi connectivity index (χ1v) is 6.02. The molecule has 2 rings (SSSR count). The lowest BCUT2D eigenvalue weighted by Crippen LogP contribution is -2.05. The maximum atomic E-state index is 12.8. The van der Waals surface area contributed by atoms with Crippen LogP contribution in [0.5, 0.6) is 0 Å². The van der Waals surface area contributed by atoms with Gasteiger partial charge in [0.2, 0.25) is 0 Å². The third kappa shape index (κ3) is 2.64. The molecule has 19 heavy (non-hydrogen) atoms. The van der Waals surface area contributed by atoms with Crippen LogP contribution in [0.15, 0.2) is 30.5 Å². The fourth-order valence-corrected chi connectivity index (χ4v) is 1.95. The molecule has 2 nitrogen and oxygen atoms in total. The molecule has 1 aromatic heterocycles. The van der Waals surface area contributed by atoms with Gasteiger partial charge in [-0.1, -0.05) is 24.3 Å². The Bertz CT molecular complexity index is 583. The molecule has 0 unspecified atom stereocenters. The van der Waals surface area contributed by atoms with Gasteiger partial charge in [0.1, 0.15) is 5.82 Å². The summed E-state index contributed by atoms with van der Waals surface area (Å²) in [5.74, 6) is 0.362. The molecular formula is C14H15F3N2. The average molecular weight is 268 g/mol. The highest BCUT2D eigenvalue weighted by molar-refractivity contribution is 5.61. The summed E-state index contributed by atoms with van der Waals surface area (Å²) in [7, 11) is 0. The molecule has 1 aromatic carbocycles. The van der Waals surface area contributed by atoms with Crippen molar-refractivity contribution in [1.29, 1.82) is 0 Å². The highest BCUT2D eigenvalue weighted by atomic mass is 19.4. The minimum atomic E-state index is -4.42. The zero-order valence-electron chi connectivity index (χ0n) is 11.0. The molecule has 0 aliphatic rings. The molecule has 5 heteroatoms. The number of hydrogen-bond donors (Lipinski definition) is 0. The molecular weight excluding hydrogens is 253 g/mol. The van der Waals surface area contributed by atoms with Crippen molar-refractivity contribution in [3.8, 4) is 11.4 Å². The Labute approximate surface area is 109 Å². The largest absolute Gasteiger partial charge is 0.434 e. The van der Waals surface area contributed by atoms with Crippen LogP contribution in [0.1, 0.15) is 31.1 Å². The number of alkyl halides is 3. The fourth-order valence-electron chi connectivity index (χ4n) is 1.95. The standard InChI is InChI=1S/C14H15F3N2/c1-9(2)19-8-12(14(15,16)17)18-13(19)11-7-5-4-6-10(11)3/h4-9H,1-3H3. The van der Waals surface area contributed by atoms with Crippen LogP contribution in [0.2, 0.25) is 0 Å². The Morgan fingerprint density at radius 1 is 1.16 bits per heavy atom. The highest BCUT2D eigenvalue weighted by Gasteiger charge is 2.35. The third-order valence-electron chi connectivity index (χ3n) is 2.97. The van der Waals surface area contributed by atoms with Gasteiger partial charge in [0.05, 0.1) is 0 Å². The molecule has 0 bridgehead atoms. The number of aryl methyl sites for hydroxylation is 1. The second-order valence-corrected chi connectivity index (χ2v) is 4.76. The van der Waals surface area contributed by atoms with Crippen molar-refractivity contribution in [1.82, 2.24) is 9.55 Å². The molecule has 0 aliphatic carbocycles. The second-order valence-electron chi connectivity index (χ2n) is 4.76. The van der Waals surface area contributed by atoms with Gasteiger partial charge in [-0.15, -0.1) is 0 Å². The van der Waals surface area contributed by atoms with Gasteiger partial charge in [-0.2, -0.15) is 13.2 Å². The maximum Gasteiger partial charge on any atom is 0.434 e. The Balaban J connectivity index is 2.63. The predicted octanol–water partition coefficient (Wildman–Crippen LogP) is 4.46. The Morgan fingerprint density at radius 2 is 1.79 bits per heavy atom. The Hall–Kier alpha value is -1.78. The third-order valence-corrected chi connectivity index (χ3v) is 2.97. The normalized spacial score (nSPS) is 12.2. The van der Waals surface area contributed by atoms with Crippen LogP contribution in [0.3, 0.4) is 0 Å². The number of halogens is 3. The van der Waals surface area contributed by atoms with E-state index in [0.717, 1.165) is 17.3 Å². The summed E-state index contributed by atoms with van der Waals surface area (Å²) in [5, 5.41) is 0. The summed E-state index contributed by atoms with van der Waals surface area (Å²) in [6, 6.07) is 7.22. The second kappa shape index (κ2) is 4.72. The van der Waals surface area contributed by atoms with Crippen molar-refractivity contribution in [2.75, 3.05) is 0 Å². The minimum absolute atomic E-state index is 0.0850. The molecule has 1 heterocycles. The van der Waals surface area contributed by atoms with Crippen LogP contribution in [0.4, 0.5) is 13.2 Å². The van der Waals surface area contributed by atoms with E-state index in [-0.39, 0.29) is 6.04 Å². The lowest BCUT2D eigenvalue weighted by atomic mass is 10.1. The van der Waals surface area contributed by atoms with Crippen molar-refractivity contribution >= 4 is 0 Å². The van der Waals surface area contributed by atoms with E-state index in [4.69, 9.17) is 0 Å². The molecule has 0 amide bonds. The van der Waals surface area contributed by atoms with E-state index in [1.807, 2.05) is 32.9 Å². The quantitative estimate of drug-likeness (QED) is 0.786. The van der Waals surface area contributed by atoms with Crippen molar-refractivity contribution < 1.29 is 13.2 Å². The molecule has 0 atom stereocenters. The highest BCUT2D eigenvalue weighted by Crippen LogP contribution is 2.33. The van der Waals surface area contributed by atoms with Crippen molar-refractivity contribution in [2.24, 2.45) is 0 Å². The molecule has 2 aromatic rings. The Morgan fingerprint density at radius 3 is 2.32 bits per heavy atom. The number of imidazole rings is 1. The van der Waals surface area contributed by atoms with Crippen molar-refractivity contribution in [3.05, 3.63) is 41.7 Å². The van der Waals surface area contributed by atoms with Gasteiger partial charge in [0.25, 0.3) is 0 Å². The first-order valence-electron chi connectivity index (χ1n) is 6.02. The van der Waals surface area contributed by atoms with Gasteiger partial charge >= 0.3 is 6.18 Å². The summed E-state index contributed by atoms with van der Waals surface area (Å²) in [6.45, 7) is 5.54. The first-order chi connectivity index (χ1) is 8.80. The maximum absolute atomic E-state index is 12.8. The van der Waals surface area contributed by atoms with Gasteiger partial charge in [-0.05, 0) is 26.3 Å². The van der Waals surface area contributed by atoms with E-state index in [1.54, 1.807) is 16.7 Å². The van der Waals surface area contributed by atoms with Gasteiger partial charge in [0, 0.05) is 17.8 Å². The molecule has 0 saturated carbocycles. The summed E-state index contributed by atoms with van der Waals surface area (Å²) >= 11 is 0. The van der Waals surface area contributed by atoms with Crippen LogP contribution in [0.25, 0.3) is 11.4 Å². The zero-order chi connectivity index (χ0) is 14.2. The monoisotopic (exact) mass is 268 g/mol. The van der Waals surface area contributed by atoms with Crippen LogP contribution < -0.4 is 0 Å². The summed E-state index contributed by atoms with van der Waals surface area (Å²) < 4.78 is 39.9. The summed E-state index contributed by atoms with van der Waals surface area (Å²) in [5.41, 5.74) is 0.787. The van der Waals surface area contributed by atoms with E-state index < -0.39 is 11.9 Å². The van der Waals surface area contributed by atoms with Gasteiger partial charge in [-0.25, -0.2) is 4.98 Å². The molecule has 0 spiro atoms. The molecule has 0 radical (unpaired) electrons. The molecule has 102 valence electrons. The topological polar surface area (TPSA) is 17.8 Å². The molecule has 0 aliphatic heterocycles. The zero-order valence-corrected chi connectivity index (χ0v) is 11.0. The Kier molecular flexibility index (Phi) is 3.39. The number of hydrogen-bond acceptors (Lipinski definition) is 1. The van der Waals surface area contributed by atoms with Gasteiger partial charge < -0.3 is 4.57 Å². The lowest BCUT2D eigenvalue weighted by molar-refractivity contribution is -0.140. The van der Waals surface area contributed by atoms with E-state index in [9.17, 15) is 13.2 Å². The van der Waals surface area contributed by atoms with Crippen LogP contribution in [-0.4, -0.2) is 9.55 Å². The van der Waals surface area contributed by atoms with E-state index >= 15 is 0 Å². The molecule has 0 saturated heterocycles. The first kappa shape index (κ1) is 13.6. The van der Waals surface area contributed by atoms with E-state index in [1.165, 1.54) is 0 Å². The van der Waals surface area contributed by atoms with Crippen molar-refractivity contribution in [2.45, 2.75) is 33.0 Å². The number of nitrogens with zero attached hydrogens (tertiary/aromatic N) is 2. The molecule has 0 N–H and O–H groups in total. The molecule has 0 fully saturated rings. The lowest BCUT2D eigenvalue weighted by Gasteiger charge is -2.12. The van der Waals surface area contributed by atoms with Gasteiger partial charge in [0.15, 0.2) is 5.69 Å². The van der Waals surface area contributed by atoms with Crippen LogP contribution >= 0.6 is 0 Å². The summed E-state index contributed by atoms with van der Waals surface area (Å²) in [4.78, 5) is 3.77. The number of rotatable bonds is 2. The number of aromatic nitrogens is 2. The minimum Gasteiger partial charge on any atom is -0.328 e. The van der Waals surface area contributed by atoms with E-state index in [0.29, 0.717) is 5.82 Å². The fraction of sp³-hybridized carbons (Fsp3) is 0.357. The summed E-state index contributed by atoms with van der Waals surface area (Å²) in [6.07, 6.45) is -3.34. The van der Waals surface area contributed by atoms with Crippen LogP contribution in [-0.2, 0) is 6.18 Å². The smallest absolute Gasteiger partial charge is 0.328 e. The van der Waals surface area contributed by atoms with Gasteiger partial charge in [-0.3, -0.25) is 0 Å². The predicted molar refractivity (Wildman–Crippen MR) is 67.8 cm³/mol. The average Bonchev–Trinajstić information content (AvgIpc) is 2.74. The number of benzene rings is 1.